The maximum absolute atomic E-state index is 5.63. The Morgan fingerprint density at radius 2 is 1.85 bits per heavy atom. The van der Waals surface area contributed by atoms with Crippen molar-refractivity contribution >= 4 is 17.2 Å². The van der Waals surface area contributed by atoms with Crippen molar-refractivity contribution in [3.05, 3.63) is 48.9 Å². The van der Waals surface area contributed by atoms with Gasteiger partial charge in [0.25, 0.3) is 0 Å². The summed E-state index contributed by atoms with van der Waals surface area (Å²) in [6.45, 7) is 11.8. The molecule has 0 atom stereocenters. The molecule has 0 bridgehead atoms. The van der Waals surface area contributed by atoms with Gasteiger partial charge < -0.3 is 25.6 Å². The summed E-state index contributed by atoms with van der Waals surface area (Å²) in [5.74, 6) is 2.25. The van der Waals surface area contributed by atoms with E-state index in [0.717, 1.165) is 56.8 Å². The van der Waals surface area contributed by atoms with Gasteiger partial charge in [-0.05, 0) is 55.3 Å². The Hall–Kier alpha value is -2.47. The standard InChI is InChI=1S/C21H31N5O/c1-17-8-11-26(12-9-17)21(7-10-22)24-18(2)23-19-3-5-20(6-4-19)25-13-15-27-16-14-25/h3-7,10,17,23H,2,8-9,11-16,22H2,1H3/b10-7-,24-21+. The number of piperidine rings is 1. The molecule has 0 amide bonds. The van der Waals surface area contributed by atoms with E-state index in [-0.39, 0.29) is 0 Å². The summed E-state index contributed by atoms with van der Waals surface area (Å²) in [6.07, 6.45) is 5.76. The second-order valence-electron chi connectivity index (χ2n) is 7.22. The summed E-state index contributed by atoms with van der Waals surface area (Å²) in [5.41, 5.74) is 7.82. The number of aliphatic imine (C=N–C) groups is 1. The number of likely N-dealkylation sites (tertiary alicyclic amines) is 1. The zero-order valence-corrected chi connectivity index (χ0v) is 16.2. The lowest BCUT2D eigenvalue weighted by molar-refractivity contribution is 0.122. The Morgan fingerprint density at radius 3 is 2.48 bits per heavy atom. The third-order valence-electron chi connectivity index (χ3n) is 5.13. The Bertz CT molecular complexity index is 668. The Morgan fingerprint density at radius 1 is 1.19 bits per heavy atom. The van der Waals surface area contributed by atoms with Crippen LogP contribution in [0.5, 0.6) is 0 Å². The highest BCUT2D eigenvalue weighted by Crippen LogP contribution is 2.21. The van der Waals surface area contributed by atoms with Gasteiger partial charge in [0, 0.05) is 37.6 Å². The maximum atomic E-state index is 5.63. The summed E-state index contributed by atoms with van der Waals surface area (Å²) >= 11 is 0. The van der Waals surface area contributed by atoms with Gasteiger partial charge in [0.15, 0.2) is 0 Å². The molecule has 0 spiro atoms. The lowest BCUT2D eigenvalue weighted by atomic mass is 9.99. The van der Waals surface area contributed by atoms with Crippen molar-refractivity contribution in [3.63, 3.8) is 0 Å². The Labute approximate surface area is 162 Å². The minimum Gasteiger partial charge on any atom is -0.404 e. The number of rotatable bonds is 5. The molecule has 3 N–H and O–H groups in total. The maximum Gasteiger partial charge on any atom is 0.132 e. The fourth-order valence-corrected chi connectivity index (χ4v) is 3.45. The van der Waals surface area contributed by atoms with Crippen LogP contribution in [0.2, 0.25) is 0 Å². The minimum atomic E-state index is 0.612. The molecule has 0 saturated carbocycles. The van der Waals surface area contributed by atoms with Gasteiger partial charge in [0.05, 0.1) is 13.2 Å². The van der Waals surface area contributed by atoms with E-state index >= 15 is 0 Å². The molecule has 146 valence electrons. The number of benzene rings is 1. The Kier molecular flexibility index (Phi) is 6.76. The molecule has 2 saturated heterocycles. The number of morpholine rings is 1. The summed E-state index contributed by atoms with van der Waals surface area (Å²) in [5, 5.41) is 3.28. The fourth-order valence-electron chi connectivity index (χ4n) is 3.45. The van der Waals surface area contributed by atoms with Gasteiger partial charge in [-0.15, -0.1) is 0 Å². The molecule has 3 rings (SSSR count). The van der Waals surface area contributed by atoms with Crippen molar-refractivity contribution < 1.29 is 4.74 Å². The molecular formula is C21H31N5O. The van der Waals surface area contributed by atoms with Gasteiger partial charge >= 0.3 is 0 Å². The van der Waals surface area contributed by atoms with Crippen LogP contribution in [0.15, 0.2) is 53.9 Å². The highest BCUT2D eigenvalue weighted by molar-refractivity contribution is 5.93. The third-order valence-corrected chi connectivity index (χ3v) is 5.13. The molecule has 6 nitrogen and oxygen atoms in total. The number of hydrogen-bond donors (Lipinski definition) is 2. The van der Waals surface area contributed by atoms with Gasteiger partial charge in [-0.25, -0.2) is 4.99 Å². The number of nitrogens with zero attached hydrogens (tertiary/aromatic N) is 3. The quantitative estimate of drug-likeness (QED) is 0.617. The summed E-state index contributed by atoms with van der Waals surface area (Å²) in [4.78, 5) is 9.28. The summed E-state index contributed by atoms with van der Waals surface area (Å²) < 4.78 is 5.41. The number of anilines is 2. The van der Waals surface area contributed by atoms with Gasteiger partial charge in [-0.2, -0.15) is 0 Å². The van der Waals surface area contributed by atoms with Crippen LogP contribution in [0.3, 0.4) is 0 Å². The first-order valence-corrected chi connectivity index (χ1v) is 9.76. The second-order valence-corrected chi connectivity index (χ2v) is 7.22. The van der Waals surface area contributed by atoms with E-state index < -0.39 is 0 Å². The van der Waals surface area contributed by atoms with Crippen molar-refractivity contribution in [2.75, 3.05) is 49.6 Å². The van der Waals surface area contributed by atoms with E-state index in [4.69, 9.17) is 10.5 Å². The fraction of sp³-hybridized carbons (Fsp3) is 0.476. The van der Waals surface area contributed by atoms with Gasteiger partial charge in [0.2, 0.25) is 0 Å². The number of ether oxygens (including phenoxy) is 1. The highest BCUT2D eigenvalue weighted by atomic mass is 16.5. The van der Waals surface area contributed by atoms with Crippen molar-refractivity contribution in [2.24, 2.45) is 16.6 Å². The molecule has 0 aliphatic carbocycles. The van der Waals surface area contributed by atoms with Crippen molar-refractivity contribution in [2.45, 2.75) is 19.8 Å². The predicted molar refractivity (Wildman–Crippen MR) is 113 cm³/mol. The largest absolute Gasteiger partial charge is 0.404 e. The zero-order valence-electron chi connectivity index (χ0n) is 16.2. The number of amidine groups is 1. The third kappa shape index (κ3) is 5.50. The van der Waals surface area contributed by atoms with E-state index in [1.54, 1.807) is 6.20 Å². The SMILES string of the molecule is C=C(/N=C(\C=C/N)N1CCC(C)CC1)Nc1ccc(N2CCOCC2)cc1. The molecule has 1 aromatic rings. The predicted octanol–water partition coefficient (Wildman–Crippen LogP) is 3.01. The van der Waals surface area contributed by atoms with E-state index in [1.165, 1.54) is 18.5 Å². The number of nitrogens with one attached hydrogen (secondary N) is 1. The van der Waals surface area contributed by atoms with Crippen molar-refractivity contribution in [1.29, 1.82) is 0 Å². The lowest BCUT2D eigenvalue weighted by Crippen LogP contribution is -2.37. The van der Waals surface area contributed by atoms with E-state index in [1.807, 2.05) is 6.08 Å². The lowest BCUT2D eigenvalue weighted by Gasteiger charge is -2.32. The van der Waals surface area contributed by atoms with Crippen molar-refractivity contribution in [1.82, 2.24) is 4.90 Å². The Balaban J connectivity index is 1.61. The van der Waals surface area contributed by atoms with E-state index in [0.29, 0.717) is 5.82 Å². The summed E-state index contributed by atoms with van der Waals surface area (Å²) in [6, 6.07) is 8.37. The van der Waals surface area contributed by atoms with Crippen LogP contribution >= 0.6 is 0 Å². The molecule has 2 aliphatic heterocycles. The first kappa shape index (κ1) is 19.3. The van der Waals surface area contributed by atoms with Crippen LogP contribution in [0.4, 0.5) is 11.4 Å². The smallest absolute Gasteiger partial charge is 0.132 e. The second kappa shape index (κ2) is 9.46. The van der Waals surface area contributed by atoms with Crippen LogP contribution < -0.4 is 16.0 Å². The molecule has 2 heterocycles. The first-order valence-electron chi connectivity index (χ1n) is 9.76. The van der Waals surface area contributed by atoms with E-state index in [9.17, 15) is 0 Å². The molecule has 2 fully saturated rings. The molecule has 1 aromatic carbocycles. The minimum absolute atomic E-state index is 0.612. The van der Waals surface area contributed by atoms with Crippen LogP contribution in [0.25, 0.3) is 0 Å². The average molecular weight is 370 g/mol. The molecule has 27 heavy (non-hydrogen) atoms. The summed E-state index contributed by atoms with van der Waals surface area (Å²) in [7, 11) is 0. The van der Waals surface area contributed by atoms with Gasteiger partial charge in [-0.1, -0.05) is 13.5 Å². The molecule has 0 radical (unpaired) electrons. The average Bonchev–Trinajstić information content (AvgIpc) is 2.69. The monoisotopic (exact) mass is 369 g/mol. The topological polar surface area (TPSA) is 66.1 Å². The number of nitrogens with two attached hydrogens (primary N) is 1. The van der Waals surface area contributed by atoms with Gasteiger partial charge in [-0.3, -0.25) is 0 Å². The molecule has 0 aromatic heterocycles. The molecule has 6 heteroatoms. The van der Waals surface area contributed by atoms with Crippen LogP contribution in [0.1, 0.15) is 19.8 Å². The van der Waals surface area contributed by atoms with Gasteiger partial charge in [0.1, 0.15) is 11.7 Å². The molecule has 2 aliphatic rings. The normalized spacial score (nSPS) is 19.5. The molecular weight excluding hydrogens is 338 g/mol. The highest BCUT2D eigenvalue weighted by Gasteiger charge is 2.17. The van der Waals surface area contributed by atoms with Crippen LogP contribution in [0, 0.1) is 5.92 Å². The van der Waals surface area contributed by atoms with E-state index in [2.05, 4.69) is 57.9 Å². The van der Waals surface area contributed by atoms with Crippen LogP contribution in [-0.2, 0) is 4.74 Å². The molecule has 0 unspecified atom stereocenters. The first-order chi connectivity index (χ1) is 13.2. The van der Waals surface area contributed by atoms with Crippen molar-refractivity contribution in [3.8, 4) is 0 Å². The number of hydrogen-bond acceptors (Lipinski definition) is 5. The van der Waals surface area contributed by atoms with Crippen LogP contribution in [-0.4, -0.2) is 50.1 Å². The zero-order chi connectivity index (χ0) is 19.1.